The van der Waals surface area contributed by atoms with Crippen molar-refractivity contribution in [3.05, 3.63) is 60.2 Å². The molecule has 0 unspecified atom stereocenters. The van der Waals surface area contributed by atoms with Crippen LogP contribution in [0.25, 0.3) is 11.1 Å². The molecule has 0 saturated heterocycles. The highest BCUT2D eigenvalue weighted by Gasteiger charge is 2.35. The maximum Gasteiger partial charge on any atom is 0.306 e. The minimum Gasteiger partial charge on any atom is -0.481 e. The summed E-state index contributed by atoms with van der Waals surface area (Å²) in [4.78, 5) is 22.7. The summed E-state index contributed by atoms with van der Waals surface area (Å²) >= 11 is 0. The first-order chi connectivity index (χ1) is 11.1. The lowest BCUT2D eigenvalue weighted by Crippen LogP contribution is -2.47. The Balaban J connectivity index is 1.52. The predicted molar refractivity (Wildman–Crippen MR) is 87.9 cm³/mol. The summed E-state index contributed by atoms with van der Waals surface area (Å²) in [6, 6.07) is 18.0. The molecule has 0 atom stereocenters. The maximum atomic E-state index is 12.0. The number of benzene rings is 2. The Morgan fingerprint density at radius 3 is 2.17 bits per heavy atom. The van der Waals surface area contributed by atoms with E-state index in [1.807, 2.05) is 42.5 Å². The molecule has 0 heterocycles. The van der Waals surface area contributed by atoms with Gasteiger partial charge < -0.3 is 10.4 Å². The van der Waals surface area contributed by atoms with Gasteiger partial charge in [0.05, 0.1) is 12.3 Å². The summed E-state index contributed by atoms with van der Waals surface area (Å²) in [5, 5.41) is 11.7. The third kappa shape index (κ3) is 3.77. The van der Waals surface area contributed by atoms with Crippen LogP contribution < -0.4 is 5.32 Å². The SMILES string of the molecule is O=C(Cc1ccc(-c2ccccc2)cc1)NC1CC(C(=O)O)C1. The van der Waals surface area contributed by atoms with Gasteiger partial charge in [-0.1, -0.05) is 54.6 Å². The number of hydrogen-bond donors (Lipinski definition) is 2. The van der Waals surface area contributed by atoms with E-state index in [-0.39, 0.29) is 17.9 Å². The van der Waals surface area contributed by atoms with Gasteiger partial charge in [0, 0.05) is 6.04 Å². The van der Waals surface area contributed by atoms with Gasteiger partial charge in [-0.15, -0.1) is 0 Å². The number of aliphatic carboxylic acids is 1. The highest BCUT2D eigenvalue weighted by atomic mass is 16.4. The lowest BCUT2D eigenvalue weighted by atomic mass is 9.80. The lowest BCUT2D eigenvalue weighted by molar-refractivity contribution is -0.146. The Morgan fingerprint density at radius 1 is 0.957 bits per heavy atom. The molecule has 1 fully saturated rings. The topological polar surface area (TPSA) is 66.4 Å². The van der Waals surface area contributed by atoms with Gasteiger partial charge in [0.1, 0.15) is 0 Å². The van der Waals surface area contributed by atoms with Gasteiger partial charge in [0.25, 0.3) is 0 Å². The van der Waals surface area contributed by atoms with Crippen LogP contribution >= 0.6 is 0 Å². The molecule has 1 aliphatic rings. The highest BCUT2D eigenvalue weighted by molar-refractivity contribution is 5.80. The number of carbonyl (C=O) groups is 2. The Morgan fingerprint density at radius 2 is 1.57 bits per heavy atom. The second kappa shape index (κ2) is 6.65. The lowest BCUT2D eigenvalue weighted by Gasteiger charge is -2.32. The Hall–Kier alpha value is -2.62. The number of nitrogens with one attached hydrogen (secondary N) is 1. The summed E-state index contributed by atoms with van der Waals surface area (Å²) in [5.74, 6) is -1.12. The molecule has 0 spiro atoms. The van der Waals surface area contributed by atoms with Crippen LogP contribution in [0.15, 0.2) is 54.6 Å². The highest BCUT2D eigenvalue weighted by Crippen LogP contribution is 2.27. The minimum absolute atomic E-state index is 0.00666. The molecule has 118 valence electrons. The first-order valence-electron chi connectivity index (χ1n) is 7.78. The summed E-state index contributed by atoms with van der Waals surface area (Å²) < 4.78 is 0. The Labute approximate surface area is 135 Å². The molecule has 2 N–H and O–H groups in total. The van der Waals surface area contributed by atoms with Crippen molar-refractivity contribution in [1.29, 1.82) is 0 Å². The average Bonchev–Trinajstić information content (AvgIpc) is 2.52. The minimum atomic E-state index is -0.771. The maximum absolute atomic E-state index is 12.0. The quantitative estimate of drug-likeness (QED) is 0.892. The summed E-state index contributed by atoms with van der Waals surface area (Å²) in [5.41, 5.74) is 3.23. The van der Waals surface area contributed by atoms with E-state index in [0.717, 1.165) is 16.7 Å². The van der Waals surface area contributed by atoms with Crippen LogP contribution in [0.4, 0.5) is 0 Å². The van der Waals surface area contributed by atoms with E-state index in [9.17, 15) is 9.59 Å². The van der Waals surface area contributed by atoms with Crippen molar-refractivity contribution in [3.63, 3.8) is 0 Å². The Bertz CT molecular complexity index is 688. The monoisotopic (exact) mass is 309 g/mol. The van der Waals surface area contributed by atoms with Crippen molar-refractivity contribution in [3.8, 4) is 11.1 Å². The second-order valence-electron chi connectivity index (χ2n) is 6.01. The third-order valence-corrected chi connectivity index (χ3v) is 4.28. The van der Waals surface area contributed by atoms with Crippen molar-refractivity contribution < 1.29 is 14.7 Å². The fourth-order valence-corrected chi connectivity index (χ4v) is 2.85. The number of carboxylic acid groups (broad SMARTS) is 1. The fraction of sp³-hybridized carbons (Fsp3) is 0.263. The number of amides is 1. The molecule has 4 heteroatoms. The molecular formula is C19H19NO3. The molecule has 1 amide bonds. The van der Waals surface area contributed by atoms with E-state index in [1.165, 1.54) is 0 Å². The zero-order valence-electron chi connectivity index (χ0n) is 12.7. The van der Waals surface area contributed by atoms with Crippen LogP contribution in [-0.4, -0.2) is 23.0 Å². The van der Waals surface area contributed by atoms with Crippen molar-refractivity contribution in [2.24, 2.45) is 5.92 Å². The van der Waals surface area contributed by atoms with Gasteiger partial charge in [-0.3, -0.25) is 9.59 Å². The van der Waals surface area contributed by atoms with Gasteiger partial charge in [-0.25, -0.2) is 0 Å². The zero-order chi connectivity index (χ0) is 16.2. The van der Waals surface area contributed by atoms with E-state index in [0.29, 0.717) is 19.3 Å². The van der Waals surface area contributed by atoms with Crippen LogP contribution in [0.3, 0.4) is 0 Å². The fourth-order valence-electron chi connectivity index (χ4n) is 2.85. The predicted octanol–water partition coefficient (Wildman–Crippen LogP) is 2.88. The summed E-state index contributed by atoms with van der Waals surface area (Å²) in [6.45, 7) is 0. The van der Waals surface area contributed by atoms with Gasteiger partial charge in [0.2, 0.25) is 5.91 Å². The van der Waals surface area contributed by atoms with Crippen LogP contribution in [0.2, 0.25) is 0 Å². The first-order valence-corrected chi connectivity index (χ1v) is 7.78. The van der Waals surface area contributed by atoms with E-state index in [1.54, 1.807) is 0 Å². The van der Waals surface area contributed by atoms with Crippen molar-refractivity contribution in [1.82, 2.24) is 5.32 Å². The number of carboxylic acids is 1. The van der Waals surface area contributed by atoms with Gasteiger partial charge >= 0.3 is 5.97 Å². The molecule has 2 aromatic carbocycles. The molecule has 0 aliphatic heterocycles. The molecule has 3 rings (SSSR count). The molecule has 2 aromatic rings. The Kier molecular flexibility index (Phi) is 4.42. The number of carbonyl (C=O) groups excluding carboxylic acids is 1. The van der Waals surface area contributed by atoms with Gasteiger partial charge in [0.15, 0.2) is 0 Å². The molecule has 23 heavy (non-hydrogen) atoms. The summed E-state index contributed by atoms with van der Waals surface area (Å²) in [6.07, 6.45) is 1.39. The van der Waals surface area contributed by atoms with E-state index in [4.69, 9.17) is 5.11 Å². The zero-order valence-corrected chi connectivity index (χ0v) is 12.7. The smallest absolute Gasteiger partial charge is 0.306 e. The standard InChI is InChI=1S/C19H19NO3/c21-18(20-17-11-16(12-17)19(22)23)10-13-6-8-15(9-7-13)14-4-2-1-3-5-14/h1-9,16-17H,10-12H2,(H,20,21)(H,22,23). The molecular weight excluding hydrogens is 290 g/mol. The molecule has 0 radical (unpaired) electrons. The third-order valence-electron chi connectivity index (χ3n) is 4.28. The second-order valence-corrected chi connectivity index (χ2v) is 6.01. The van der Waals surface area contributed by atoms with Crippen molar-refractivity contribution in [2.45, 2.75) is 25.3 Å². The largest absolute Gasteiger partial charge is 0.481 e. The molecule has 1 saturated carbocycles. The van der Waals surface area contributed by atoms with Crippen molar-refractivity contribution >= 4 is 11.9 Å². The molecule has 0 aromatic heterocycles. The molecule has 1 aliphatic carbocycles. The van der Waals surface area contributed by atoms with Crippen LogP contribution in [-0.2, 0) is 16.0 Å². The molecule has 4 nitrogen and oxygen atoms in total. The van der Waals surface area contributed by atoms with E-state index < -0.39 is 5.97 Å². The normalized spacial score (nSPS) is 19.7. The molecule has 0 bridgehead atoms. The average molecular weight is 309 g/mol. The van der Waals surface area contributed by atoms with Crippen LogP contribution in [0.5, 0.6) is 0 Å². The van der Waals surface area contributed by atoms with E-state index >= 15 is 0 Å². The van der Waals surface area contributed by atoms with Crippen LogP contribution in [0.1, 0.15) is 18.4 Å². The van der Waals surface area contributed by atoms with Crippen molar-refractivity contribution in [2.75, 3.05) is 0 Å². The van der Waals surface area contributed by atoms with Gasteiger partial charge in [-0.05, 0) is 29.5 Å². The number of rotatable bonds is 5. The van der Waals surface area contributed by atoms with Crippen LogP contribution in [0, 0.1) is 5.92 Å². The van der Waals surface area contributed by atoms with E-state index in [2.05, 4.69) is 17.4 Å². The number of hydrogen-bond acceptors (Lipinski definition) is 2. The summed E-state index contributed by atoms with van der Waals surface area (Å²) in [7, 11) is 0. The van der Waals surface area contributed by atoms with Gasteiger partial charge in [-0.2, -0.15) is 0 Å². The first kappa shape index (κ1) is 15.3.